The molecule has 0 amide bonds. The van der Waals surface area contributed by atoms with E-state index in [2.05, 4.69) is 0 Å². The molecule has 0 nitrogen and oxygen atoms in total. The summed E-state index contributed by atoms with van der Waals surface area (Å²) in [5, 5.41) is 0.704. The largest absolute Gasteiger partial charge is 0.207 e. The normalized spacial score (nSPS) is 11.6. The average molecular weight is 281 g/mol. The molecule has 92 valence electrons. The molecule has 0 aromatic heterocycles. The van der Waals surface area contributed by atoms with E-state index in [9.17, 15) is 4.39 Å². The van der Waals surface area contributed by atoms with E-state index in [1.54, 1.807) is 12.1 Å². The molecule has 0 aliphatic heterocycles. The van der Waals surface area contributed by atoms with Crippen LogP contribution in [0, 0.1) is 5.82 Å². The summed E-state index contributed by atoms with van der Waals surface area (Å²) < 4.78 is 12.9. The number of allylic oxidation sites excluding steroid dienone is 1. The summed E-state index contributed by atoms with van der Waals surface area (Å²) in [6.07, 6.45) is 0.620. The van der Waals surface area contributed by atoms with Gasteiger partial charge in [-0.05, 0) is 34.9 Å². The molecule has 0 saturated carbocycles. The minimum atomic E-state index is -0.259. The Kier molecular flexibility index (Phi) is 4.40. The molecule has 0 bridgehead atoms. The lowest BCUT2D eigenvalue weighted by atomic mass is 10.00. The third-order valence-electron chi connectivity index (χ3n) is 2.69. The molecule has 0 N–H and O–H groups in total. The molecule has 18 heavy (non-hydrogen) atoms. The molecule has 2 rings (SSSR count). The topological polar surface area (TPSA) is 0 Å². The van der Waals surface area contributed by atoms with Gasteiger partial charge < -0.3 is 0 Å². The molecule has 0 spiro atoms. The van der Waals surface area contributed by atoms with E-state index in [1.165, 1.54) is 17.7 Å². The number of rotatable bonds is 3. The van der Waals surface area contributed by atoms with Crippen LogP contribution in [0.15, 0.2) is 54.1 Å². The summed E-state index contributed by atoms with van der Waals surface area (Å²) in [5.74, 6) is -0.259. The summed E-state index contributed by atoms with van der Waals surface area (Å²) in [4.78, 5) is 0. The number of hydrogen-bond donors (Lipinski definition) is 0. The summed E-state index contributed by atoms with van der Waals surface area (Å²) >= 11 is 12.0. The van der Waals surface area contributed by atoms with Crippen LogP contribution in [0.2, 0.25) is 5.02 Å². The number of hydrogen-bond acceptors (Lipinski definition) is 0. The Balaban J connectivity index is 2.26. The van der Waals surface area contributed by atoms with E-state index in [1.807, 2.05) is 24.3 Å². The van der Waals surface area contributed by atoms with E-state index < -0.39 is 0 Å². The Morgan fingerprint density at radius 1 is 1.06 bits per heavy atom. The van der Waals surface area contributed by atoms with Crippen molar-refractivity contribution in [3.8, 4) is 0 Å². The SMILES string of the molecule is Fc1ccc(/C(=C\Cl)Cc2ccccc2Cl)cc1. The first-order valence-electron chi connectivity index (χ1n) is 5.49. The van der Waals surface area contributed by atoms with Crippen molar-refractivity contribution in [3.63, 3.8) is 0 Å². The van der Waals surface area contributed by atoms with E-state index in [0.29, 0.717) is 11.4 Å². The summed E-state index contributed by atoms with van der Waals surface area (Å²) in [5.41, 5.74) is 4.31. The van der Waals surface area contributed by atoms with Crippen LogP contribution < -0.4 is 0 Å². The summed E-state index contributed by atoms with van der Waals surface area (Å²) in [6.45, 7) is 0. The Hall–Kier alpha value is -1.31. The molecular weight excluding hydrogens is 270 g/mol. The van der Waals surface area contributed by atoms with E-state index >= 15 is 0 Å². The summed E-state index contributed by atoms with van der Waals surface area (Å²) in [6, 6.07) is 13.9. The molecule has 0 heterocycles. The lowest BCUT2D eigenvalue weighted by Crippen LogP contribution is -1.91. The van der Waals surface area contributed by atoms with Gasteiger partial charge in [0.05, 0.1) is 0 Å². The first kappa shape index (κ1) is 13.1. The van der Waals surface area contributed by atoms with E-state index in [4.69, 9.17) is 23.2 Å². The van der Waals surface area contributed by atoms with Crippen molar-refractivity contribution in [3.05, 3.63) is 76.0 Å². The fourth-order valence-electron chi connectivity index (χ4n) is 1.71. The van der Waals surface area contributed by atoms with Crippen LogP contribution in [0.1, 0.15) is 11.1 Å². The molecule has 3 heteroatoms. The Bertz CT molecular complexity index is 559. The third-order valence-corrected chi connectivity index (χ3v) is 3.32. The lowest BCUT2D eigenvalue weighted by Gasteiger charge is -2.08. The Morgan fingerprint density at radius 2 is 1.72 bits per heavy atom. The van der Waals surface area contributed by atoms with Gasteiger partial charge in [0.25, 0.3) is 0 Å². The van der Waals surface area contributed by atoms with Gasteiger partial charge in [-0.3, -0.25) is 0 Å². The predicted octanol–water partition coefficient (Wildman–Crippen LogP) is 5.30. The first-order chi connectivity index (χ1) is 8.70. The fourth-order valence-corrected chi connectivity index (χ4v) is 2.12. The smallest absolute Gasteiger partial charge is 0.123 e. The van der Waals surface area contributed by atoms with Crippen molar-refractivity contribution in [2.24, 2.45) is 0 Å². The lowest BCUT2D eigenvalue weighted by molar-refractivity contribution is 0.627. The maximum Gasteiger partial charge on any atom is 0.123 e. The molecule has 2 aromatic carbocycles. The quantitative estimate of drug-likeness (QED) is 0.716. The van der Waals surface area contributed by atoms with Gasteiger partial charge in [-0.25, -0.2) is 4.39 Å². The van der Waals surface area contributed by atoms with Crippen molar-refractivity contribution >= 4 is 28.8 Å². The molecule has 0 unspecified atom stereocenters. The van der Waals surface area contributed by atoms with Gasteiger partial charge in [-0.1, -0.05) is 53.5 Å². The van der Waals surface area contributed by atoms with Crippen LogP contribution in [-0.2, 0) is 6.42 Å². The fraction of sp³-hybridized carbons (Fsp3) is 0.0667. The van der Waals surface area contributed by atoms with E-state index in [0.717, 1.165) is 16.7 Å². The number of halogens is 3. The molecular formula is C15H11Cl2F. The van der Waals surface area contributed by atoms with Gasteiger partial charge in [0.1, 0.15) is 5.82 Å². The second-order valence-corrected chi connectivity index (χ2v) is 4.53. The van der Waals surface area contributed by atoms with Gasteiger partial charge in [0.15, 0.2) is 0 Å². The molecule has 2 aromatic rings. The molecule has 0 saturated heterocycles. The standard InChI is InChI=1S/C15H11Cl2F/c16-10-13(11-5-7-14(18)8-6-11)9-12-3-1-2-4-15(12)17/h1-8,10H,9H2/b13-10-. The van der Waals surface area contributed by atoms with Crippen molar-refractivity contribution in [1.82, 2.24) is 0 Å². The highest BCUT2D eigenvalue weighted by Gasteiger charge is 2.06. The van der Waals surface area contributed by atoms with Gasteiger partial charge in [0.2, 0.25) is 0 Å². The number of benzene rings is 2. The second kappa shape index (κ2) is 6.03. The zero-order valence-electron chi connectivity index (χ0n) is 9.54. The van der Waals surface area contributed by atoms with Crippen LogP contribution in [0.4, 0.5) is 4.39 Å². The van der Waals surface area contributed by atoms with Crippen molar-refractivity contribution in [1.29, 1.82) is 0 Å². The zero-order chi connectivity index (χ0) is 13.0. The van der Waals surface area contributed by atoms with Crippen LogP contribution >= 0.6 is 23.2 Å². The van der Waals surface area contributed by atoms with Crippen LogP contribution in [-0.4, -0.2) is 0 Å². The molecule has 0 atom stereocenters. The van der Waals surface area contributed by atoms with Crippen LogP contribution in [0.5, 0.6) is 0 Å². The van der Waals surface area contributed by atoms with Crippen molar-refractivity contribution in [2.75, 3.05) is 0 Å². The highest BCUT2D eigenvalue weighted by Crippen LogP contribution is 2.25. The van der Waals surface area contributed by atoms with E-state index in [-0.39, 0.29) is 5.82 Å². The Morgan fingerprint density at radius 3 is 2.33 bits per heavy atom. The van der Waals surface area contributed by atoms with Gasteiger partial charge >= 0.3 is 0 Å². The highest BCUT2D eigenvalue weighted by atomic mass is 35.5. The van der Waals surface area contributed by atoms with Crippen molar-refractivity contribution in [2.45, 2.75) is 6.42 Å². The minimum Gasteiger partial charge on any atom is -0.207 e. The van der Waals surface area contributed by atoms with Crippen molar-refractivity contribution < 1.29 is 4.39 Å². The first-order valence-corrected chi connectivity index (χ1v) is 6.31. The molecule has 0 aliphatic carbocycles. The van der Waals surface area contributed by atoms with Gasteiger partial charge in [0, 0.05) is 17.0 Å². The predicted molar refractivity (Wildman–Crippen MR) is 75.4 cm³/mol. The maximum absolute atomic E-state index is 12.9. The third kappa shape index (κ3) is 3.12. The summed E-state index contributed by atoms with van der Waals surface area (Å²) in [7, 11) is 0. The molecule has 0 radical (unpaired) electrons. The Labute approximate surface area is 116 Å². The second-order valence-electron chi connectivity index (χ2n) is 3.91. The average Bonchev–Trinajstić information content (AvgIpc) is 2.39. The van der Waals surface area contributed by atoms with Crippen LogP contribution in [0.25, 0.3) is 5.57 Å². The monoisotopic (exact) mass is 280 g/mol. The van der Waals surface area contributed by atoms with Crippen LogP contribution in [0.3, 0.4) is 0 Å². The molecule has 0 aliphatic rings. The van der Waals surface area contributed by atoms with Gasteiger partial charge in [-0.2, -0.15) is 0 Å². The zero-order valence-corrected chi connectivity index (χ0v) is 11.0. The highest BCUT2D eigenvalue weighted by molar-refractivity contribution is 6.31. The van der Waals surface area contributed by atoms with Gasteiger partial charge in [-0.15, -0.1) is 0 Å². The molecule has 0 fully saturated rings. The maximum atomic E-state index is 12.9. The minimum absolute atomic E-state index is 0.259.